The van der Waals surface area contributed by atoms with Gasteiger partial charge in [0.05, 0.1) is 7.11 Å². The zero-order valence-electron chi connectivity index (χ0n) is 18.4. The molecule has 1 heterocycles. The number of halogens is 3. The van der Waals surface area contributed by atoms with Crippen LogP contribution in [-0.2, 0) is 19.1 Å². The highest BCUT2D eigenvalue weighted by molar-refractivity contribution is 5.98. The molecular formula is C24H31F3NO4+. The fraction of sp³-hybridized carbons (Fsp3) is 0.542. The molecule has 1 saturated heterocycles. The van der Waals surface area contributed by atoms with Crippen LogP contribution in [0.2, 0.25) is 0 Å². The van der Waals surface area contributed by atoms with E-state index in [9.17, 15) is 22.8 Å². The van der Waals surface area contributed by atoms with Crippen LogP contribution >= 0.6 is 0 Å². The average molecular weight is 455 g/mol. The van der Waals surface area contributed by atoms with E-state index in [0.29, 0.717) is 12.8 Å². The molecule has 32 heavy (non-hydrogen) atoms. The van der Waals surface area contributed by atoms with Crippen molar-refractivity contribution in [3.63, 3.8) is 0 Å². The summed E-state index contributed by atoms with van der Waals surface area (Å²) in [5.74, 6) is -1.61. The number of benzene rings is 1. The lowest BCUT2D eigenvalue weighted by Crippen LogP contribution is -2.33. The number of carbonyl (C=O) groups excluding carboxylic acids is 2. The Kier molecular flexibility index (Phi) is 9.94. The first-order chi connectivity index (χ1) is 15.2. The minimum atomic E-state index is -4.57. The second-order valence-electron chi connectivity index (χ2n) is 7.89. The lowest BCUT2D eigenvalue weighted by Gasteiger charge is -2.25. The maximum Gasteiger partial charge on any atom is 0.422 e. The number of alkyl halides is 3. The highest BCUT2D eigenvalue weighted by Gasteiger charge is 2.36. The molecule has 0 amide bonds. The van der Waals surface area contributed by atoms with Crippen LogP contribution in [0.15, 0.2) is 43.0 Å². The maximum atomic E-state index is 12.5. The number of allylic oxidation sites excluding steroid dienone is 1. The Hall–Kier alpha value is -2.64. The molecular weight excluding hydrogens is 423 g/mol. The van der Waals surface area contributed by atoms with E-state index in [1.165, 1.54) is 7.11 Å². The van der Waals surface area contributed by atoms with Crippen LogP contribution < -0.4 is 0 Å². The van der Waals surface area contributed by atoms with Gasteiger partial charge >= 0.3 is 18.1 Å². The molecule has 0 bridgehead atoms. The molecule has 2 atom stereocenters. The molecule has 1 aromatic carbocycles. The topological polar surface area (TPSA) is 55.6 Å². The summed E-state index contributed by atoms with van der Waals surface area (Å²) in [7, 11) is 1.33. The van der Waals surface area contributed by atoms with E-state index in [2.05, 4.69) is 15.9 Å². The summed E-state index contributed by atoms with van der Waals surface area (Å²) in [6, 6.07) is 9.64. The third-order valence-electron chi connectivity index (χ3n) is 5.66. The fourth-order valence-corrected chi connectivity index (χ4v) is 4.17. The van der Waals surface area contributed by atoms with Crippen molar-refractivity contribution in [1.82, 2.24) is 0 Å². The van der Waals surface area contributed by atoms with E-state index in [1.807, 2.05) is 30.3 Å². The van der Waals surface area contributed by atoms with Gasteiger partial charge in [-0.25, -0.2) is 4.58 Å². The van der Waals surface area contributed by atoms with E-state index >= 15 is 0 Å². The summed E-state index contributed by atoms with van der Waals surface area (Å²) < 4.78 is 49.0. The molecule has 8 heteroatoms. The number of hydrogen-bond acceptors (Lipinski definition) is 4. The molecule has 0 aromatic heterocycles. The summed E-state index contributed by atoms with van der Waals surface area (Å²) in [6.07, 6.45) is 0.183. The number of methoxy groups -OCH3 is 1. The Morgan fingerprint density at radius 2 is 1.81 bits per heavy atom. The van der Waals surface area contributed by atoms with Gasteiger partial charge in [-0.15, -0.1) is 6.58 Å². The standard InChI is InChI=1S/C24H31F3NO4/c1-3-19(18-10-5-4-6-11-18)20(12-9-13-22(29)31-2)21(28-14-7-8-15-28)16-23(30)32-17-24(25,26)27/h3-6,10-11,19-20H,1,7-9,12-17H2,2H3/q+1/t19-,20-/m1/s1. The molecule has 0 radical (unpaired) electrons. The van der Waals surface area contributed by atoms with E-state index in [0.717, 1.165) is 37.2 Å². The number of nitrogens with zero attached hydrogens (tertiary/aromatic N) is 1. The SMILES string of the molecule is C=C[C@H](c1ccccc1)[C@@H](CCCC(=O)OC)C(CC(=O)OCC(F)(F)F)=[N+]1CCCC1. The highest BCUT2D eigenvalue weighted by atomic mass is 19.4. The summed E-state index contributed by atoms with van der Waals surface area (Å²) in [5, 5.41) is 0. The molecule has 1 aromatic rings. The van der Waals surface area contributed by atoms with Crippen LogP contribution in [0.1, 0.15) is 50.0 Å². The first-order valence-corrected chi connectivity index (χ1v) is 10.8. The smallest absolute Gasteiger partial charge is 0.422 e. The second kappa shape index (κ2) is 12.4. The van der Waals surface area contributed by atoms with Gasteiger partial charge in [-0.2, -0.15) is 13.2 Å². The lowest BCUT2D eigenvalue weighted by molar-refractivity contribution is -0.509. The van der Waals surface area contributed by atoms with Gasteiger partial charge in [0.2, 0.25) is 0 Å². The predicted octanol–water partition coefficient (Wildman–Crippen LogP) is 4.66. The van der Waals surface area contributed by atoms with Crippen molar-refractivity contribution >= 4 is 17.7 Å². The number of esters is 2. The van der Waals surface area contributed by atoms with E-state index in [1.54, 1.807) is 6.08 Å². The van der Waals surface area contributed by atoms with Crippen molar-refractivity contribution in [3.8, 4) is 0 Å². The first-order valence-electron chi connectivity index (χ1n) is 10.8. The van der Waals surface area contributed by atoms with Crippen molar-refractivity contribution in [3.05, 3.63) is 48.6 Å². The zero-order valence-corrected chi connectivity index (χ0v) is 18.4. The van der Waals surface area contributed by atoms with E-state index < -0.39 is 18.8 Å². The van der Waals surface area contributed by atoms with Crippen molar-refractivity contribution < 1.29 is 36.8 Å². The Labute approximate surface area is 186 Å². The molecule has 2 rings (SSSR count). The Balaban J connectivity index is 2.35. The van der Waals surface area contributed by atoms with Gasteiger partial charge in [0.15, 0.2) is 12.3 Å². The first kappa shape index (κ1) is 25.6. The van der Waals surface area contributed by atoms with Gasteiger partial charge in [0.1, 0.15) is 19.5 Å². The highest BCUT2D eigenvalue weighted by Crippen LogP contribution is 2.33. The summed E-state index contributed by atoms with van der Waals surface area (Å²) in [5.41, 5.74) is 1.74. The van der Waals surface area contributed by atoms with Gasteiger partial charge in [0.25, 0.3) is 0 Å². The molecule has 5 nitrogen and oxygen atoms in total. The minimum Gasteiger partial charge on any atom is -0.469 e. The molecule has 0 unspecified atom stereocenters. The Morgan fingerprint density at radius 1 is 1.16 bits per heavy atom. The van der Waals surface area contributed by atoms with Gasteiger partial charge in [-0.1, -0.05) is 36.4 Å². The molecule has 0 spiro atoms. The van der Waals surface area contributed by atoms with Gasteiger partial charge in [-0.05, 0) is 18.4 Å². The van der Waals surface area contributed by atoms with E-state index in [-0.39, 0.29) is 30.6 Å². The number of ether oxygens (including phenoxy) is 2. The van der Waals surface area contributed by atoms with Gasteiger partial charge < -0.3 is 9.47 Å². The lowest BCUT2D eigenvalue weighted by atomic mass is 9.78. The molecule has 1 fully saturated rings. The van der Waals surface area contributed by atoms with Crippen LogP contribution in [0, 0.1) is 5.92 Å². The summed E-state index contributed by atoms with van der Waals surface area (Å²) in [4.78, 5) is 24.0. The molecule has 0 saturated carbocycles. The van der Waals surface area contributed by atoms with Crippen LogP contribution in [0.3, 0.4) is 0 Å². The van der Waals surface area contributed by atoms with Gasteiger partial charge in [0, 0.05) is 31.1 Å². The summed E-state index contributed by atoms with van der Waals surface area (Å²) in [6.45, 7) is 3.84. The number of hydrogen-bond donors (Lipinski definition) is 0. The minimum absolute atomic E-state index is 0.167. The zero-order chi connectivity index (χ0) is 23.6. The maximum absolute atomic E-state index is 12.5. The second-order valence-corrected chi connectivity index (χ2v) is 7.89. The molecule has 1 aliphatic rings. The predicted molar refractivity (Wildman–Crippen MR) is 115 cm³/mol. The van der Waals surface area contributed by atoms with Crippen molar-refractivity contribution in [1.29, 1.82) is 0 Å². The Morgan fingerprint density at radius 3 is 2.38 bits per heavy atom. The third-order valence-corrected chi connectivity index (χ3v) is 5.66. The van der Waals surface area contributed by atoms with E-state index in [4.69, 9.17) is 4.74 Å². The van der Waals surface area contributed by atoms with Crippen LogP contribution in [-0.4, -0.2) is 55.2 Å². The van der Waals surface area contributed by atoms with Crippen LogP contribution in [0.5, 0.6) is 0 Å². The number of rotatable bonds is 11. The van der Waals surface area contributed by atoms with Crippen molar-refractivity contribution in [2.45, 2.75) is 50.6 Å². The molecule has 1 aliphatic heterocycles. The Bertz CT molecular complexity index is 797. The monoisotopic (exact) mass is 454 g/mol. The van der Waals surface area contributed by atoms with Crippen LogP contribution in [0.25, 0.3) is 0 Å². The largest absolute Gasteiger partial charge is 0.469 e. The van der Waals surface area contributed by atoms with Gasteiger partial charge in [-0.3, -0.25) is 9.59 Å². The molecule has 0 aliphatic carbocycles. The third kappa shape index (κ3) is 8.13. The van der Waals surface area contributed by atoms with Crippen molar-refractivity contribution in [2.75, 3.05) is 26.8 Å². The normalized spacial score (nSPS) is 15.7. The fourth-order valence-electron chi connectivity index (χ4n) is 4.17. The molecule has 176 valence electrons. The van der Waals surface area contributed by atoms with Crippen molar-refractivity contribution in [2.24, 2.45) is 5.92 Å². The summed E-state index contributed by atoms with van der Waals surface area (Å²) >= 11 is 0. The quantitative estimate of drug-likeness (QED) is 0.277. The average Bonchev–Trinajstić information content (AvgIpc) is 3.30. The van der Waals surface area contributed by atoms with Crippen LogP contribution in [0.4, 0.5) is 13.2 Å². The molecule has 0 N–H and O–H groups in total. The number of carbonyl (C=O) groups is 2.